The van der Waals surface area contributed by atoms with Gasteiger partial charge in [0.25, 0.3) is 0 Å². The fraction of sp³-hybridized carbons (Fsp3) is 0.273. The van der Waals surface area contributed by atoms with E-state index in [9.17, 15) is 0 Å². The Morgan fingerprint density at radius 3 is 2.57 bits per heavy atom. The monoisotopic (exact) mass is 204 g/mol. The number of hydrogen-bond donors (Lipinski definition) is 0. The summed E-state index contributed by atoms with van der Waals surface area (Å²) < 4.78 is 0. The van der Waals surface area contributed by atoms with E-state index in [1.165, 1.54) is 10.4 Å². The van der Waals surface area contributed by atoms with Crippen molar-refractivity contribution in [3.05, 3.63) is 34.6 Å². The Hall–Kier alpha value is -1.22. The van der Waals surface area contributed by atoms with E-state index in [-0.39, 0.29) is 0 Å². The molecule has 14 heavy (non-hydrogen) atoms. The molecule has 0 amide bonds. The summed E-state index contributed by atoms with van der Waals surface area (Å²) in [6.45, 7) is 6.23. The maximum absolute atomic E-state index is 4.52. The fourth-order valence-corrected chi connectivity index (χ4v) is 2.27. The molecule has 0 unspecified atom stereocenters. The highest BCUT2D eigenvalue weighted by atomic mass is 32.1. The molecule has 3 heteroatoms. The SMILES string of the molecule is Cc1ccncc1-c1nc(C)c(C)s1. The van der Waals surface area contributed by atoms with E-state index in [1.807, 2.05) is 25.4 Å². The Kier molecular flexibility index (Phi) is 2.33. The standard InChI is InChI=1S/C11H12N2S/c1-7-4-5-12-6-10(7)11-13-8(2)9(3)14-11/h4-6H,1-3H3. The van der Waals surface area contributed by atoms with Gasteiger partial charge in [-0.15, -0.1) is 11.3 Å². The van der Waals surface area contributed by atoms with Crippen LogP contribution in [0.3, 0.4) is 0 Å². The van der Waals surface area contributed by atoms with E-state index >= 15 is 0 Å². The molecule has 0 fully saturated rings. The van der Waals surface area contributed by atoms with Crippen molar-refractivity contribution >= 4 is 11.3 Å². The second-order valence-electron chi connectivity index (χ2n) is 3.35. The second-order valence-corrected chi connectivity index (χ2v) is 4.55. The summed E-state index contributed by atoms with van der Waals surface area (Å²) in [5.74, 6) is 0. The molecule has 2 nitrogen and oxygen atoms in total. The van der Waals surface area contributed by atoms with Crippen LogP contribution in [0.5, 0.6) is 0 Å². The Bertz CT molecular complexity index is 441. The first kappa shape index (κ1) is 9.34. The van der Waals surface area contributed by atoms with Crippen molar-refractivity contribution < 1.29 is 0 Å². The minimum atomic E-state index is 1.07. The second kappa shape index (κ2) is 3.50. The van der Waals surface area contributed by atoms with Crippen molar-refractivity contribution in [1.82, 2.24) is 9.97 Å². The molecule has 0 N–H and O–H groups in total. The van der Waals surface area contributed by atoms with E-state index in [1.54, 1.807) is 11.3 Å². The Labute approximate surface area is 87.7 Å². The number of nitrogens with zero attached hydrogens (tertiary/aromatic N) is 2. The Morgan fingerprint density at radius 2 is 2.00 bits per heavy atom. The van der Waals surface area contributed by atoms with Gasteiger partial charge < -0.3 is 0 Å². The number of hydrogen-bond acceptors (Lipinski definition) is 3. The van der Waals surface area contributed by atoms with Crippen molar-refractivity contribution in [1.29, 1.82) is 0 Å². The molecule has 0 atom stereocenters. The summed E-state index contributed by atoms with van der Waals surface area (Å²) in [5, 5.41) is 1.07. The third kappa shape index (κ3) is 1.55. The molecule has 2 aromatic rings. The number of thiazole rings is 1. The lowest BCUT2D eigenvalue weighted by atomic mass is 10.2. The average Bonchev–Trinajstić information content (AvgIpc) is 2.48. The lowest BCUT2D eigenvalue weighted by Crippen LogP contribution is -1.83. The third-order valence-corrected chi connectivity index (χ3v) is 3.40. The summed E-state index contributed by atoms with van der Waals surface area (Å²) in [5.41, 5.74) is 3.50. The summed E-state index contributed by atoms with van der Waals surface area (Å²) in [6, 6.07) is 2.02. The van der Waals surface area contributed by atoms with Gasteiger partial charge in [-0.05, 0) is 32.4 Å². The topological polar surface area (TPSA) is 25.8 Å². The molecule has 0 saturated heterocycles. The molecule has 0 bridgehead atoms. The van der Waals surface area contributed by atoms with Crippen LogP contribution < -0.4 is 0 Å². The molecule has 2 aromatic heterocycles. The average molecular weight is 204 g/mol. The molecule has 0 aromatic carbocycles. The van der Waals surface area contributed by atoms with Gasteiger partial charge in [0.15, 0.2) is 0 Å². The highest BCUT2D eigenvalue weighted by molar-refractivity contribution is 7.15. The van der Waals surface area contributed by atoms with E-state index in [4.69, 9.17) is 0 Å². The van der Waals surface area contributed by atoms with Crippen molar-refractivity contribution in [2.75, 3.05) is 0 Å². The quantitative estimate of drug-likeness (QED) is 0.713. The smallest absolute Gasteiger partial charge is 0.125 e. The van der Waals surface area contributed by atoms with Crippen molar-refractivity contribution in [3.8, 4) is 10.6 Å². The van der Waals surface area contributed by atoms with Gasteiger partial charge in [0.2, 0.25) is 0 Å². The van der Waals surface area contributed by atoms with Gasteiger partial charge >= 0.3 is 0 Å². The van der Waals surface area contributed by atoms with Gasteiger partial charge in [0, 0.05) is 22.8 Å². The fourth-order valence-electron chi connectivity index (χ4n) is 1.28. The normalized spacial score (nSPS) is 10.5. The van der Waals surface area contributed by atoms with Gasteiger partial charge in [-0.25, -0.2) is 4.98 Å². The molecule has 2 heterocycles. The molecule has 2 rings (SSSR count). The van der Waals surface area contributed by atoms with Crippen molar-refractivity contribution in [2.45, 2.75) is 20.8 Å². The summed E-state index contributed by atoms with van der Waals surface area (Å²) in [7, 11) is 0. The number of aromatic nitrogens is 2. The van der Waals surface area contributed by atoms with E-state index in [0.29, 0.717) is 0 Å². The third-order valence-electron chi connectivity index (χ3n) is 2.30. The number of rotatable bonds is 1. The van der Waals surface area contributed by atoms with Crippen LogP contribution >= 0.6 is 11.3 Å². The lowest BCUT2D eigenvalue weighted by molar-refractivity contribution is 1.21. The van der Waals surface area contributed by atoms with Gasteiger partial charge in [-0.3, -0.25) is 4.98 Å². The van der Waals surface area contributed by atoms with E-state index in [2.05, 4.69) is 23.8 Å². The van der Waals surface area contributed by atoms with Crippen LogP contribution in [0.4, 0.5) is 0 Å². The molecule has 0 saturated carbocycles. The van der Waals surface area contributed by atoms with E-state index in [0.717, 1.165) is 16.3 Å². The van der Waals surface area contributed by atoms with Crippen LogP contribution in [0.1, 0.15) is 16.1 Å². The zero-order valence-electron chi connectivity index (χ0n) is 8.53. The Balaban J connectivity index is 2.55. The molecule has 0 radical (unpaired) electrons. The van der Waals surface area contributed by atoms with Gasteiger partial charge in [-0.1, -0.05) is 0 Å². The van der Waals surface area contributed by atoms with Crippen LogP contribution in [-0.2, 0) is 0 Å². The first-order valence-corrected chi connectivity index (χ1v) is 5.35. The molecule has 0 aliphatic carbocycles. The molecule has 0 spiro atoms. The summed E-state index contributed by atoms with van der Waals surface area (Å²) in [4.78, 5) is 9.93. The summed E-state index contributed by atoms with van der Waals surface area (Å²) in [6.07, 6.45) is 3.69. The number of pyridine rings is 1. The lowest BCUT2D eigenvalue weighted by Gasteiger charge is -1.98. The minimum Gasteiger partial charge on any atom is -0.264 e. The summed E-state index contributed by atoms with van der Waals surface area (Å²) >= 11 is 1.73. The molecule has 72 valence electrons. The maximum Gasteiger partial charge on any atom is 0.125 e. The Morgan fingerprint density at radius 1 is 1.21 bits per heavy atom. The minimum absolute atomic E-state index is 1.07. The maximum atomic E-state index is 4.52. The zero-order valence-corrected chi connectivity index (χ0v) is 9.35. The predicted molar refractivity (Wildman–Crippen MR) is 59.6 cm³/mol. The first-order chi connectivity index (χ1) is 6.68. The van der Waals surface area contributed by atoms with Crippen LogP contribution in [0.2, 0.25) is 0 Å². The number of aryl methyl sites for hydroxylation is 3. The predicted octanol–water partition coefficient (Wildman–Crippen LogP) is 3.13. The first-order valence-electron chi connectivity index (χ1n) is 4.53. The molecule has 0 aliphatic rings. The largest absolute Gasteiger partial charge is 0.264 e. The molecular weight excluding hydrogens is 192 g/mol. The van der Waals surface area contributed by atoms with Crippen LogP contribution in [0, 0.1) is 20.8 Å². The van der Waals surface area contributed by atoms with Crippen molar-refractivity contribution in [2.24, 2.45) is 0 Å². The van der Waals surface area contributed by atoms with Crippen LogP contribution in [0.15, 0.2) is 18.5 Å². The zero-order chi connectivity index (χ0) is 10.1. The highest BCUT2D eigenvalue weighted by Gasteiger charge is 2.07. The van der Waals surface area contributed by atoms with Crippen molar-refractivity contribution in [3.63, 3.8) is 0 Å². The van der Waals surface area contributed by atoms with E-state index < -0.39 is 0 Å². The van der Waals surface area contributed by atoms with Crippen LogP contribution in [0.25, 0.3) is 10.6 Å². The van der Waals surface area contributed by atoms with Gasteiger partial charge in [-0.2, -0.15) is 0 Å². The molecular formula is C11H12N2S. The highest BCUT2D eigenvalue weighted by Crippen LogP contribution is 2.28. The van der Waals surface area contributed by atoms with Crippen LogP contribution in [-0.4, -0.2) is 9.97 Å². The molecule has 0 aliphatic heterocycles. The van der Waals surface area contributed by atoms with Gasteiger partial charge in [0.05, 0.1) is 5.69 Å². The van der Waals surface area contributed by atoms with Gasteiger partial charge in [0.1, 0.15) is 5.01 Å².